The molecule has 0 bridgehead atoms. The van der Waals surface area contributed by atoms with Crippen molar-refractivity contribution in [2.75, 3.05) is 19.0 Å². The van der Waals surface area contributed by atoms with Crippen LogP contribution in [0.15, 0.2) is 18.2 Å². The third-order valence-corrected chi connectivity index (χ3v) is 2.06. The summed E-state index contributed by atoms with van der Waals surface area (Å²) in [6.45, 7) is 0. The van der Waals surface area contributed by atoms with Gasteiger partial charge in [0, 0.05) is 20.2 Å². The van der Waals surface area contributed by atoms with Crippen molar-refractivity contribution in [2.45, 2.75) is 0 Å². The van der Waals surface area contributed by atoms with Crippen LogP contribution in [0.2, 0.25) is 0 Å². The van der Waals surface area contributed by atoms with Crippen LogP contribution >= 0.6 is 0 Å². The van der Waals surface area contributed by atoms with Gasteiger partial charge in [0.25, 0.3) is 0 Å². The summed E-state index contributed by atoms with van der Waals surface area (Å²) >= 11 is 0. The molecule has 16 heavy (non-hydrogen) atoms. The molecule has 86 valence electrons. The molecule has 1 rings (SSSR count). The van der Waals surface area contributed by atoms with Crippen molar-refractivity contribution in [2.24, 2.45) is 0 Å². The third kappa shape index (κ3) is 2.19. The number of amides is 2. The Hall–Kier alpha value is -2.31. The van der Waals surface area contributed by atoms with Gasteiger partial charge in [-0.1, -0.05) is 0 Å². The topological polar surface area (TPSA) is 95.7 Å². The summed E-state index contributed by atoms with van der Waals surface area (Å²) in [4.78, 5) is 22.3. The van der Waals surface area contributed by atoms with Gasteiger partial charge in [0.1, 0.15) is 0 Å². The summed E-state index contributed by atoms with van der Waals surface area (Å²) in [5.41, 5.74) is -0.114. The van der Waals surface area contributed by atoms with Crippen molar-refractivity contribution in [3.05, 3.63) is 28.3 Å². The Labute approximate surface area is 91.4 Å². The summed E-state index contributed by atoms with van der Waals surface area (Å²) in [6.07, 6.45) is 0. The van der Waals surface area contributed by atoms with Crippen molar-refractivity contribution in [1.29, 1.82) is 0 Å². The van der Waals surface area contributed by atoms with Crippen LogP contribution in [0.5, 0.6) is 5.75 Å². The average Bonchev–Trinajstić information content (AvgIpc) is 2.27. The minimum atomic E-state index is -0.712. The third-order valence-electron chi connectivity index (χ3n) is 2.06. The molecule has 0 spiro atoms. The number of rotatable bonds is 2. The van der Waals surface area contributed by atoms with E-state index in [1.54, 1.807) is 0 Å². The molecular formula is C9H11N3O4. The van der Waals surface area contributed by atoms with Crippen molar-refractivity contribution in [1.82, 2.24) is 5.32 Å². The number of aromatic hydroxyl groups is 1. The molecule has 1 aromatic rings. The van der Waals surface area contributed by atoms with E-state index in [0.717, 1.165) is 6.07 Å². The highest BCUT2D eigenvalue weighted by atomic mass is 16.6. The Bertz CT molecular complexity index is 433. The lowest BCUT2D eigenvalue weighted by Gasteiger charge is -2.16. The van der Waals surface area contributed by atoms with Gasteiger partial charge in [-0.2, -0.15) is 0 Å². The van der Waals surface area contributed by atoms with Crippen molar-refractivity contribution in [3.8, 4) is 5.75 Å². The molecule has 0 saturated carbocycles. The number of anilines is 1. The summed E-state index contributed by atoms with van der Waals surface area (Å²) in [7, 11) is 2.92. The van der Waals surface area contributed by atoms with E-state index in [4.69, 9.17) is 0 Å². The largest absolute Gasteiger partial charge is 0.502 e. The number of hydrogen-bond acceptors (Lipinski definition) is 4. The van der Waals surface area contributed by atoms with Crippen LogP contribution in [0.4, 0.5) is 16.2 Å². The molecule has 2 N–H and O–H groups in total. The van der Waals surface area contributed by atoms with Crippen molar-refractivity contribution in [3.63, 3.8) is 0 Å². The molecule has 0 heterocycles. The average molecular weight is 225 g/mol. The number of nitrogens with one attached hydrogen (secondary N) is 1. The Balaban J connectivity index is 3.12. The fourth-order valence-electron chi connectivity index (χ4n) is 1.15. The number of carbonyl (C=O) groups is 1. The lowest BCUT2D eigenvalue weighted by Crippen LogP contribution is -2.34. The Morgan fingerprint density at radius 1 is 1.56 bits per heavy atom. The number of hydrogen-bond donors (Lipinski definition) is 2. The number of nitro benzene ring substituents is 1. The minimum absolute atomic E-state index is 0.323. The molecule has 0 saturated heterocycles. The van der Waals surface area contributed by atoms with Gasteiger partial charge < -0.3 is 10.4 Å². The first-order chi connectivity index (χ1) is 7.47. The molecule has 7 nitrogen and oxygen atoms in total. The van der Waals surface area contributed by atoms with Gasteiger partial charge in [0.15, 0.2) is 5.75 Å². The van der Waals surface area contributed by atoms with Crippen LogP contribution in [0.1, 0.15) is 0 Å². The molecule has 0 aliphatic carbocycles. The number of nitrogens with zero attached hydrogens (tertiary/aromatic N) is 2. The van der Waals surface area contributed by atoms with Crippen LogP contribution in [0.25, 0.3) is 0 Å². The Kier molecular flexibility index (Phi) is 3.29. The van der Waals surface area contributed by atoms with E-state index in [2.05, 4.69) is 5.32 Å². The second-order valence-corrected chi connectivity index (χ2v) is 3.04. The smallest absolute Gasteiger partial charge is 0.321 e. The first-order valence-corrected chi connectivity index (χ1v) is 4.40. The number of phenolic OH excluding ortho intramolecular Hbond substituents is 1. The van der Waals surface area contributed by atoms with E-state index >= 15 is 0 Å². The zero-order chi connectivity index (χ0) is 12.3. The highest BCUT2D eigenvalue weighted by Crippen LogP contribution is 2.29. The van der Waals surface area contributed by atoms with Gasteiger partial charge in [-0.05, 0) is 12.1 Å². The predicted molar refractivity (Wildman–Crippen MR) is 57.6 cm³/mol. The van der Waals surface area contributed by atoms with E-state index in [0.29, 0.717) is 5.69 Å². The van der Waals surface area contributed by atoms with Gasteiger partial charge >= 0.3 is 11.7 Å². The van der Waals surface area contributed by atoms with E-state index < -0.39 is 22.4 Å². The Morgan fingerprint density at radius 3 is 2.69 bits per heavy atom. The lowest BCUT2D eigenvalue weighted by atomic mass is 10.2. The van der Waals surface area contributed by atoms with Crippen LogP contribution in [-0.4, -0.2) is 30.2 Å². The molecule has 2 amide bonds. The molecule has 0 aromatic heterocycles. The van der Waals surface area contributed by atoms with Gasteiger partial charge in [-0.15, -0.1) is 0 Å². The molecule has 0 fully saturated rings. The van der Waals surface area contributed by atoms with E-state index in [1.165, 1.54) is 31.1 Å². The fourth-order valence-corrected chi connectivity index (χ4v) is 1.15. The molecule has 1 aromatic carbocycles. The first-order valence-electron chi connectivity index (χ1n) is 4.40. The van der Waals surface area contributed by atoms with Gasteiger partial charge in [0.05, 0.1) is 10.6 Å². The standard InChI is InChI=1S/C9H11N3O4/c1-10-9(14)11(2)6-3-4-8(13)7(5-6)12(15)16/h3-5,13H,1-2H3,(H,10,14). The number of phenols is 1. The van der Waals surface area contributed by atoms with E-state index in [-0.39, 0.29) is 0 Å². The van der Waals surface area contributed by atoms with Crippen LogP contribution in [0.3, 0.4) is 0 Å². The molecule has 0 atom stereocenters. The quantitative estimate of drug-likeness (QED) is 0.581. The molecular weight excluding hydrogens is 214 g/mol. The van der Waals surface area contributed by atoms with Crippen molar-refractivity contribution < 1.29 is 14.8 Å². The lowest BCUT2D eigenvalue weighted by molar-refractivity contribution is -0.385. The molecule has 0 aliphatic heterocycles. The molecule has 0 aliphatic rings. The van der Waals surface area contributed by atoms with Gasteiger partial charge in [-0.25, -0.2) is 4.79 Å². The summed E-state index contributed by atoms with van der Waals surface area (Å²) < 4.78 is 0. The summed E-state index contributed by atoms with van der Waals surface area (Å²) in [5.74, 6) is -0.431. The minimum Gasteiger partial charge on any atom is -0.502 e. The molecule has 0 radical (unpaired) electrons. The van der Waals surface area contributed by atoms with Crippen LogP contribution in [-0.2, 0) is 0 Å². The van der Waals surface area contributed by atoms with Crippen LogP contribution in [0, 0.1) is 10.1 Å². The predicted octanol–water partition coefficient (Wildman–Crippen LogP) is 1.08. The number of benzene rings is 1. The van der Waals surface area contributed by atoms with Crippen molar-refractivity contribution >= 4 is 17.4 Å². The van der Waals surface area contributed by atoms with Gasteiger partial charge in [0.2, 0.25) is 0 Å². The van der Waals surface area contributed by atoms with Gasteiger partial charge in [-0.3, -0.25) is 15.0 Å². The maximum Gasteiger partial charge on any atom is 0.321 e. The maximum atomic E-state index is 11.3. The summed E-state index contributed by atoms with van der Waals surface area (Å²) in [6, 6.07) is 3.31. The summed E-state index contributed by atoms with van der Waals surface area (Å²) in [5, 5.41) is 22.2. The molecule has 0 unspecified atom stereocenters. The number of carbonyl (C=O) groups excluding carboxylic acids is 1. The normalized spacial score (nSPS) is 9.62. The number of urea groups is 1. The fraction of sp³-hybridized carbons (Fsp3) is 0.222. The van der Waals surface area contributed by atoms with Crippen LogP contribution < -0.4 is 10.2 Å². The Morgan fingerprint density at radius 2 is 2.19 bits per heavy atom. The SMILES string of the molecule is CNC(=O)N(C)c1ccc(O)c([N+](=O)[O-])c1. The highest BCUT2D eigenvalue weighted by molar-refractivity contribution is 5.91. The maximum absolute atomic E-state index is 11.3. The zero-order valence-electron chi connectivity index (χ0n) is 8.80. The highest BCUT2D eigenvalue weighted by Gasteiger charge is 2.17. The monoisotopic (exact) mass is 225 g/mol. The van der Waals surface area contributed by atoms with E-state index in [9.17, 15) is 20.0 Å². The molecule has 7 heteroatoms. The van der Waals surface area contributed by atoms with E-state index in [1.807, 2.05) is 0 Å². The zero-order valence-corrected chi connectivity index (χ0v) is 8.80. The number of nitro groups is 1. The second-order valence-electron chi connectivity index (χ2n) is 3.04. The second kappa shape index (κ2) is 4.47. The first kappa shape index (κ1) is 11.8.